The molecule has 0 saturated carbocycles. The highest BCUT2D eigenvalue weighted by Crippen LogP contribution is 2.26. The molecule has 1 aliphatic rings. The van der Waals surface area contributed by atoms with Crippen molar-refractivity contribution >= 4 is 47.5 Å². The molecule has 1 fully saturated rings. The number of aliphatic imine (C=N–C) groups is 1. The van der Waals surface area contributed by atoms with E-state index in [1.54, 1.807) is 12.1 Å². The van der Waals surface area contributed by atoms with Crippen LogP contribution in [0.15, 0.2) is 64.5 Å². The topological polar surface area (TPSA) is 66.8 Å². The van der Waals surface area contributed by atoms with Crippen molar-refractivity contribution in [2.75, 3.05) is 6.54 Å². The molecule has 8 heteroatoms. The van der Waals surface area contributed by atoms with Gasteiger partial charge in [0.25, 0.3) is 9.05 Å². The molecule has 0 unspecified atom stereocenters. The minimum absolute atomic E-state index is 0.0180. The Bertz CT molecular complexity index is 881. The first kappa shape index (κ1) is 17.0. The molecular weight excluding hydrogens is 368 g/mol. The van der Waals surface area contributed by atoms with Crippen LogP contribution in [0, 0.1) is 0 Å². The van der Waals surface area contributed by atoms with Crippen LogP contribution >= 0.6 is 22.4 Å². The van der Waals surface area contributed by atoms with Crippen LogP contribution in [0.5, 0.6) is 0 Å². The van der Waals surface area contributed by atoms with Crippen LogP contribution in [0.2, 0.25) is 0 Å². The molecule has 0 aliphatic carbocycles. The Morgan fingerprint density at radius 1 is 1.08 bits per heavy atom. The van der Waals surface area contributed by atoms with Gasteiger partial charge in [0.05, 0.1) is 17.1 Å². The van der Waals surface area contributed by atoms with Crippen LogP contribution in [-0.2, 0) is 20.4 Å². The lowest BCUT2D eigenvalue weighted by molar-refractivity contribution is -0.110. The van der Waals surface area contributed by atoms with E-state index in [9.17, 15) is 13.2 Å². The summed E-state index contributed by atoms with van der Waals surface area (Å²) < 4.78 is 22.5. The van der Waals surface area contributed by atoms with Gasteiger partial charge < -0.3 is 4.90 Å². The third-order valence-corrected chi connectivity index (χ3v) is 5.61. The fourth-order valence-corrected chi connectivity index (χ4v) is 3.84. The van der Waals surface area contributed by atoms with E-state index in [1.165, 1.54) is 12.1 Å². The van der Waals surface area contributed by atoms with Gasteiger partial charge in [0.15, 0.2) is 5.17 Å². The maximum atomic E-state index is 11.8. The molecule has 124 valence electrons. The maximum absolute atomic E-state index is 11.8. The fourth-order valence-electron chi connectivity index (χ4n) is 2.24. The number of hydrogen-bond acceptors (Lipinski definition) is 5. The van der Waals surface area contributed by atoms with Gasteiger partial charge in [-0.15, -0.1) is 0 Å². The lowest BCUT2D eigenvalue weighted by Crippen LogP contribution is -2.24. The Morgan fingerprint density at radius 2 is 1.75 bits per heavy atom. The Morgan fingerprint density at radius 3 is 2.38 bits per heavy atom. The van der Waals surface area contributed by atoms with E-state index in [0.717, 1.165) is 17.3 Å². The van der Waals surface area contributed by atoms with Crippen LogP contribution in [0.3, 0.4) is 0 Å². The lowest BCUT2D eigenvalue weighted by atomic mass is 10.2. The van der Waals surface area contributed by atoms with Crippen LogP contribution in [0.4, 0.5) is 5.69 Å². The van der Waals surface area contributed by atoms with E-state index in [2.05, 4.69) is 4.99 Å². The fraction of sp³-hybridized carbons (Fsp3) is 0.125. The summed E-state index contributed by atoms with van der Waals surface area (Å²) in [6, 6.07) is 15.7. The molecular formula is C16H13ClN2O3S2. The van der Waals surface area contributed by atoms with Crippen molar-refractivity contribution in [2.45, 2.75) is 11.4 Å². The summed E-state index contributed by atoms with van der Waals surface area (Å²) in [6.07, 6.45) is 0. The molecule has 1 aliphatic heterocycles. The third-order valence-electron chi connectivity index (χ3n) is 3.35. The van der Waals surface area contributed by atoms with Crippen LogP contribution < -0.4 is 0 Å². The minimum atomic E-state index is -3.75. The summed E-state index contributed by atoms with van der Waals surface area (Å²) in [5.74, 6) is 0. The molecule has 24 heavy (non-hydrogen) atoms. The predicted molar refractivity (Wildman–Crippen MR) is 96.0 cm³/mol. The van der Waals surface area contributed by atoms with Gasteiger partial charge in [-0.1, -0.05) is 30.3 Å². The average molecular weight is 381 g/mol. The number of halogens is 1. The SMILES string of the molecule is O=C1CN(Cc2ccccc2)C(=Nc2ccc(S(=O)(=O)Cl)cc2)S1. The first-order valence-electron chi connectivity index (χ1n) is 7.05. The van der Waals surface area contributed by atoms with Crippen molar-refractivity contribution in [1.29, 1.82) is 0 Å². The van der Waals surface area contributed by atoms with Crippen molar-refractivity contribution in [3.63, 3.8) is 0 Å². The van der Waals surface area contributed by atoms with Crippen LogP contribution in [-0.4, -0.2) is 30.1 Å². The second-order valence-corrected chi connectivity index (χ2v) is 8.73. The first-order chi connectivity index (χ1) is 11.4. The van der Waals surface area contributed by atoms with E-state index in [-0.39, 0.29) is 10.0 Å². The first-order valence-corrected chi connectivity index (χ1v) is 10.2. The number of hydrogen-bond donors (Lipinski definition) is 0. The summed E-state index contributed by atoms with van der Waals surface area (Å²) in [4.78, 5) is 18.1. The van der Waals surface area contributed by atoms with Gasteiger partial charge in [-0.3, -0.25) is 4.79 Å². The third kappa shape index (κ3) is 4.17. The molecule has 2 aromatic rings. The van der Waals surface area contributed by atoms with Crippen LogP contribution in [0.1, 0.15) is 5.56 Å². The van der Waals surface area contributed by atoms with E-state index >= 15 is 0 Å². The van der Waals surface area contributed by atoms with Crippen molar-refractivity contribution in [3.05, 3.63) is 60.2 Å². The summed E-state index contributed by atoms with van der Waals surface area (Å²) in [7, 11) is 1.54. The second kappa shape index (κ2) is 6.96. The summed E-state index contributed by atoms with van der Waals surface area (Å²) in [5, 5.41) is 0.634. The Labute approximate surface area is 148 Å². The minimum Gasteiger partial charge on any atom is -0.338 e. The Hall–Kier alpha value is -1.83. The molecule has 1 saturated heterocycles. The zero-order chi connectivity index (χ0) is 17.2. The molecule has 0 atom stereocenters. The zero-order valence-corrected chi connectivity index (χ0v) is 14.8. The molecule has 0 bridgehead atoms. The average Bonchev–Trinajstić information content (AvgIpc) is 2.87. The smallest absolute Gasteiger partial charge is 0.261 e. The van der Waals surface area contributed by atoms with Gasteiger partial charge >= 0.3 is 0 Å². The van der Waals surface area contributed by atoms with Crippen molar-refractivity contribution in [1.82, 2.24) is 4.90 Å². The standard InChI is InChI=1S/C16H13ClN2O3S2/c17-24(21,22)14-8-6-13(7-9-14)18-16-19(11-15(20)23-16)10-12-4-2-1-3-5-12/h1-9H,10-11H2. The second-order valence-electron chi connectivity index (χ2n) is 5.14. The monoisotopic (exact) mass is 380 g/mol. The quantitative estimate of drug-likeness (QED) is 0.761. The van der Waals surface area contributed by atoms with Crippen molar-refractivity contribution < 1.29 is 13.2 Å². The van der Waals surface area contributed by atoms with Crippen molar-refractivity contribution in [3.8, 4) is 0 Å². The number of rotatable bonds is 4. The Balaban J connectivity index is 1.83. The molecule has 0 radical (unpaired) electrons. The highest BCUT2D eigenvalue weighted by molar-refractivity contribution is 8.26. The highest BCUT2D eigenvalue weighted by Gasteiger charge is 2.27. The normalized spacial score (nSPS) is 16.8. The molecule has 3 rings (SSSR count). The molecule has 0 spiro atoms. The number of amidine groups is 1. The van der Waals surface area contributed by atoms with Crippen molar-refractivity contribution in [2.24, 2.45) is 4.99 Å². The molecule has 0 aromatic heterocycles. The lowest BCUT2D eigenvalue weighted by Gasteiger charge is -2.16. The van der Waals surface area contributed by atoms with Gasteiger partial charge in [-0.05, 0) is 41.6 Å². The van der Waals surface area contributed by atoms with Gasteiger partial charge in [-0.2, -0.15) is 0 Å². The summed E-state index contributed by atoms with van der Waals surface area (Å²) >= 11 is 1.09. The number of carbonyl (C=O) groups excluding carboxylic acids is 1. The summed E-state index contributed by atoms with van der Waals surface area (Å²) in [6.45, 7) is 0.888. The molecule has 0 amide bonds. The van der Waals surface area contributed by atoms with Gasteiger partial charge in [0.1, 0.15) is 0 Å². The van der Waals surface area contributed by atoms with Gasteiger partial charge in [-0.25, -0.2) is 13.4 Å². The van der Waals surface area contributed by atoms with E-state index in [0.29, 0.717) is 23.9 Å². The van der Waals surface area contributed by atoms with Gasteiger partial charge in [0.2, 0.25) is 5.12 Å². The number of benzene rings is 2. The van der Waals surface area contributed by atoms with Gasteiger partial charge in [0, 0.05) is 17.2 Å². The van der Waals surface area contributed by atoms with E-state index in [4.69, 9.17) is 10.7 Å². The predicted octanol–water partition coefficient (Wildman–Crippen LogP) is 3.38. The molecule has 0 N–H and O–H groups in total. The number of carbonyl (C=O) groups is 1. The molecule has 2 aromatic carbocycles. The van der Waals surface area contributed by atoms with E-state index in [1.807, 2.05) is 35.2 Å². The number of thioether (sulfide) groups is 1. The van der Waals surface area contributed by atoms with Crippen LogP contribution in [0.25, 0.3) is 0 Å². The highest BCUT2D eigenvalue weighted by atomic mass is 35.7. The maximum Gasteiger partial charge on any atom is 0.261 e. The number of nitrogens with zero attached hydrogens (tertiary/aromatic N) is 2. The molecule has 5 nitrogen and oxygen atoms in total. The zero-order valence-electron chi connectivity index (χ0n) is 12.4. The summed E-state index contributed by atoms with van der Waals surface area (Å²) in [5.41, 5.74) is 1.65. The van der Waals surface area contributed by atoms with E-state index < -0.39 is 9.05 Å². The largest absolute Gasteiger partial charge is 0.338 e. The molecule has 1 heterocycles. The Kier molecular flexibility index (Phi) is 4.93.